The number of hydrogen-bond donors (Lipinski definition) is 1. The number of carbonyl (C=O) groups excluding carboxylic acids is 1. The van der Waals surface area contributed by atoms with E-state index in [1.165, 1.54) is 22.4 Å². The zero-order valence-corrected chi connectivity index (χ0v) is 16.8. The van der Waals surface area contributed by atoms with Crippen LogP contribution in [0.4, 0.5) is 0 Å². The number of thiophene rings is 1. The maximum atomic E-state index is 12.8. The quantitative estimate of drug-likeness (QED) is 0.524. The van der Waals surface area contributed by atoms with Crippen molar-refractivity contribution in [1.82, 2.24) is 20.4 Å². The van der Waals surface area contributed by atoms with Crippen LogP contribution in [0.1, 0.15) is 29.3 Å². The zero-order chi connectivity index (χ0) is 19.7. The van der Waals surface area contributed by atoms with E-state index in [-0.39, 0.29) is 12.1 Å². The molecule has 2 aromatic heterocycles. The molecule has 2 heterocycles. The average Bonchev–Trinajstić information content (AvgIpc) is 3.04. The van der Waals surface area contributed by atoms with Gasteiger partial charge in [0, 0.05) is 15.5 Å². The van der Waals surface area contributed by atoms with Crippen LogP contribution in [0.15, 0.2) is 34.2 Å². The van der Waals surface area contributed by atoms with Gasteiger partial charge in [-0.3, -0.25) is 9.59 Å². The number of aromatic nitrogens is 3. The van der Waals surface area contributed by atoms with E-state index in [2.05, 4.69) is 27.8 Å². The molecule has 144 valence electrons. The Kier molecular flexibility index (Phi) is 5.23. The molecule has 0 fully saturated rings. The lowest BCUT2D eigenvalue weighted by Crippen LogP contribution is -2.32. The summed E-state index contributed by atoms with van der Waals surface area (Å²) in [6, 6.07) is 7.14. The summed E-state index contributed by atoms with van der Waals surface area (Å²) in [7, 11) is 0. The van der Waals surface area contributed by atoms with Gasteiger partial charge in [-0.05, 0) is 36.8 Å². The molecule has 0 radical (unpaired) electrons. The first-order valence-electron chi connectivity index (χ1n) is 8.97. The lowest BCUT2D eigenvalue weighted by molar-refractivity contribution is -0.121. The highest BCUT2D eigenvalue weighted by Crippen LogP contribution is 2.35. The van der Waals surface area contributed by atoms with Crippen LogP contribution in [-0.4, -0.2) is 27.1 Å². The summed E-state index contributed by atoms with van der Waals surface area (Å²) in [6.07, 6.45) is 4.34. The van der Waals surface area contributed by atoms with Crippen LogP contribution >= 0.6 is 22.9 Å². The Bertz CT molecular complexity index is 1140. The van der Waals surface area contributed by atoms with Crippen molar-refractivity contribution in [2.24, 2.45) is 11.0 Å². The van der Waals surface area contributed by atoms with E-state index >= 15 is 0 Å². The fraction of sp³-hybridized carbons (Fsp3) is 0.316. The molecule has 1 unspecified atom stereocenters. The Morgan fingerprint density at radius 3 is 3.11 bits per heavy atom. The third-order valence-electron chi connectivity index (χ3n) is 4.78. The molecular weight excluding hydrogens is 398 g/mol. The second-order valence-electron chi connectivity index (χ2n) is 6.90. The predicted molar refractivity (Wildman–Crippen MR) is 110 cm³/mol. The molecule has 4 rings (SSSR count). The molecule has 1 aromatic carbocycles. The van der Waals surface area contributed by atoms with E-state index in [1.807, 2.05) is 12.1 Å². The second kappa shape index (κ2) is 7.81. The topological polar surface area (TPSA) is 89.2 Å². The van der Waals surface area contributed by atoms with Crippen LogP contribution in [0.3, 0.4) is 0 Å². The number of fused-ring (bicyclic) bond motifs is 3. The van der Waals surface area contributed by atoms with Gasteiger partial charge in [-0.25, -0.2) is 10.1 Å². The molecule has 9 heteroatoms. The highest BCUT2D eigenvalue weighted by molar-refractivity contribution is 7.18. The Labute approximate surface area is 170 Å². The van der Waals surface area contributed by atoms with Crippen LogP contribution in [0, 0.1) is 5.92 Å². The van der Waals surface area contributed by atoms with E-state index in [0.717, 1.165) is 29.5 Å². The lowest BCUT2D eigenvalue weighted by Gasteiger charge is -2.17. The minimum absolute atomic E-state index is 0.247. The minimum Gasteiger partial charge on any atom is -0.271 e. The summed E-state index contributed by atoms with van der Waals surface area (Å²) in [5.41, 5.74) is 3.87. The van der Waals surface area contributed by atoms with Crippen LogP contribution in [0.25, 0.3) is 10.2 Å². The van der Waals surface area contributed by atoms with Gasteiger partial charge in [0.25, 0.3) is 11.5 Å². The van der Waals surface area contributed by atoms with Gasteiger partial charge >= 0.3 is 0 Å². The van der Waals surface area contributed by atoms with Gasteiger partial charge < -0.3 is 0 Å². The third kappa shape index (κ3) is 3.70. The van der Waals surface area contributed by atoms with Crippen LogP contribution in [-0.2, 0) is 24.2 Å². The third-order valence-corrected chi connectivity index (χ3v) is 6.26. The van der Waals surface area contributed by atoms with Gasteiger partial charge in [-0.2, -0.15) is 5.10 Å². The Morgan fingerprint density at radius 1 is 1.46 bits per heavy atom. The van der Waals surface area contributed by atoms with Crippen molar-refractivity contribution in [2.75, 3.05) is 0 Å². The molecular formula is C19H18ClN5O2S. The molecule has 1 N–H and O–H groups in total. The van der Waals surface area contributed by atoms with Crippen molar-refractivity contribution in [3.63, 3.8) is 0 Å². The van der Waals surface area contributed by atoms with Gasteiger partial charge in [0.15, 0.2) is 4.83 Å². The van der Waals surface area contributed by atoms with Crippen molar-refractivity contribution in [3.8, 4) is 0 Å². The normalized spacial score (nSPS) is 16.4. The molecule has 0 saturated heterocycles. The summed E-state index contributed by atoms with van der Waals surface area (Å²) in [5, 5.41) is 13.1. The number of benzene rings is 1. The van der Waals surface area contributed by atoms with E-state index in [0.29, 0.717) is 26.7 Å². The number of amides is 1. The van der Waals surface area contributed by atoms with Gasteiger partial charge in [-0.1, -0.05) is 41.9 Å². The number of aryl methyl sites for hydroxylation is 1. The number of carbonyl (C=O) groups is 1. The molecule has 0 spiro atoms. The predicted octanol–water partition coefficient (Wildman–Crippen LogP) is 2.78. The van der Waals surface area contributed by atoms with Gasteiger partial charge in [-0.15, -0.1) is 16.4 Å². The minimum atomic E-state index is -0.461. The number of rotatable bonds is 4. The van der Waals surface area contributed by atoms with Gasteiger partial charge in [0.2, 0.25) is 0 Å². The standard InChI is InChI=1S/C19H18ClN5O2S/c1-11-6-7-13-15(8-11)28-18-17(13)19(27)25(24-23-18)10-16(26)22-21-9-12-4-2-3-5-14(12)20/h2-5,9,11H,6-8,10H2,1H3,(H,22,26)/b21-9-. The summed E-state index contributed by atoms with van der Waals surface area (Å²) in [5.74, 6) is 0.147. The Hall–Kier alpha value is -2.58. The summed E-state index contributed by atoms with van der Waals surface area (Å²) in [4.78, 5) is 26.9. The number of hydrazone groups is 1. The average molecular weight is 416 g/mol. The molecule has 3 aromatic rings. The number of nitrogens with one attached hydrogen (secondary N) is 1. The zero-order valence-electron chi connectivity index (χ0n) is 15.2. The lowest BCUT2D eigenvalue weighted by atomic mass is 9.89. The van der Waals surface area contributed by atoms with Gasteiger partial charge in [0.05, 0.1) is 11.6 Å². The maximum Gasteiger partial charge on any atom is 0.279 e. The van der Waals surface area contributed by atoms with Gasteiger partial charge in [0.1, 0.15) is 6.54 Å². The maximum absolute atomic E-state index is 12.8. The largest absolute Gasteiger partial charge is 0.279 e. The fourth-order valence-electron chi connectivity index (χ4n) is 3.32. The second-order valence-corrected chi connectivity index (χ2v) is 8.39. The Balaban J connectivity index is 1.52. The monoisotopic (exact) mass is 415 g/mol. The highest BCUT2D eigenvalue weighted by atomic mass is 35.5. The summed E-state index contributed by atoms with van der Waals surface area (Å²) < 4.78 is 1.09. The van der Waals surface area contributed by atoms with Crippen molar-refractivity contribution >= 4 is 45.3 Å². The highest BCUT2D eigenvalue weighted by Gasteiger charge is 2.24. The molecule has 1 amide bonds. The molecule has 7 nitrogen and oxygen atoms in total. The fourth-order valence-corrected chi connectivity index (χ4v) is 4.82. The summed E-state index contributed by atoms with van der Waals surface area (Å²) >= 11 is 7.57. The van der Waals surface area contributed by atoms with Crippen molar-refractivity contribution in [3.05, 3.63) is 55.6 Å². The van der Waals surface area contributed by atoms with E-state index in [9.17, 15) is 9.59 Å². The number of nitrogens with zero attached hydrogens (tertiary/aromatic N) is 4. The van der Waals surface area contributed by atoms with Crippen molar-refractivity contribution < 1.29 is 4.79 Å². The Morgan fingerprint density at radius 2 is 2.29 bits per heavy atom. The van der Waals surface area contributed by atoms with E-state index in [4.69, 9.17) is 11.6 Å². The first kappa shape index (κ1) is 18.8. The molecule has 0 aliphatic heterocycles. The van der Waals surface area contributed by atoms with E-state index < -0.39 is 5.91 Å². The number of halogens is 1. The molecule has 1 aliphatic carbocycles. The summed E-state index contributed by atoms with van der Waals surface area (Å²) in [6.45, 7) is 1.97. The molecule has 1 aliphatic rings. The van der Waals surface area contributed by atoms with Crippen molar-refractivity contribution in [1.29, 1.82) is 0 Å². The first-order chi connectivity index (χ1) is 13.5. The molecule has 28 heavy (non-hydrogen) atoms. The van der Waals surface area contributed by atoms with Crippen LogP contribution in [0.2, 0.25) is 5.02 Å². The first-order valence-corrected chi connectivity index (χ1v) is 10.2. The van der Waals surface area contributed by atoms with Crippen LogP contribution < -0.4 is 11.0 Å². The number of hydrogen-bond acceptors (Lipinski definition) is 6. The molecule has 1 atom stereocenters. The van der Waals surface area contributed by atoms with Crippen LogP contribution in [0.5, 0.6) is 0 Å². The molecule has 0 bridgehead atoms. The van der Waals surface area contributed by atoms with E-state index in [1.54, 1.807) is 12.1 Å². The smallest absolute Gasteiger partial charge is 0.271 e. The SMILES string of the molecule is CC1CCc2c(sc3nnn(CC(=O)N/N=C\c4ccccc4Cl)c(=O)c23)C1. The van der Waals surface area contributed by atoms with Crippen molar-refractivity contribution in [2.45, 2.75) is 32.7 Å². The molecule has 0 saturated carbocycles.